The van der Waals surface area contributed by atoms with Crippen LogP contribution in [-0.2, 0) is 28.4 Å². The Morgan fingerprint density at radius 1 is 0.594 bits per heavy atom. The monoisotopic (exact) mass is 917 g/mol. The molecule has 0 aromatic rings. The molecule has 8 aliphatic rings. The van der Waals surface area contributed by atoms with E-state index in [1.165, 1.54) is 6.92 Å². The molecule has 26 unspecified atom stereocenters. The average Bonchev–Trinajstić information content (AvgIpc) is 3.59. The number of hydrogen-bond donors (Lipinski definition) is 11. The van der Waals surface area contributed by atoms with Crippen molar-refractivity contribution < 1.29 is 84.6 Å². The van der Waals surface area contributed by atoms with Crippen LogP contribution in [0.4, 0.5) is 0 Å². The van der Waals surface area contributed by atoms with Crippen molar-refractivity contribution in [1.82, 2.24) is 0 Å². The van der Waals surface area contributed by atoms with Gasteiger partial charge in [-0.1, -0.05) is 41.5 Å². The molecular weight excluding hydrogens is 837 g/mol. The van der Waals surface area contributed by atoms with Gasteiger partial charge in [-0.15, -0.1) is 0 Å². The molecule has 8 fully saturated rings. The van der Waals surface area contributed by atoms with Crippen LogP contribution in [0.15, 0.2) is 0 Å². The molecule has 370 valence electrons. The molecule has 0 amide bonds. The summed E-state index contributed by atoms with van der Waals surface area (Å²) in [6.45, 7) is 18.2. The predicted octanol–water partition coefficient (Wildman–Crippen LogP) is 0.301. The molecule has 8 rings (SSSR count). The molecule has 0 aromatic carbocycles. The van der Waals surface area contributed by atoms with Crippen LogP contribution < -0.4 is 0 Å². The van der Waals surface area contributed by atoms with Crippen molar-refractivity contribution in [3.05, 3.63) is 0 Å². The molecule has 26 atom stereocenters. The Labute approximate surface area is 377 Å². The van der Waals surface area contributed by atoms with Crippen molar-refractivity contribution in [3.8, 4) is 0 Å². The highest BCUT2D eigenvalue weighted by atomic mass is 16.7. The Balaban J connectivity index is 0.964. The van der Waals surface area contributed by atoms with Crippen molar-refractivity contribution in [1.29, 1.82) is 0 Å². The number of ether oxygens (including phenoxy) is 6. The Bertz CT molecular complexity index is 1670. The van der Waals surface area contributed by atoms with Crippen LogP contribution in [0.5, 0.6) is 0 Å². The van der Waals surface area contributed by atoms with Crippen LogP contribution in [0.3, 0.4) is 0 Å². The summed E-state index contributed by atoms with van der Waals surface area (Å²) < 4.78 is 36.1. The summed E-state index contributed by atoms with van der Waals surface area (Å²) in [7, 11) is 0. The summed E-state index contributed by atoms with van der Waals surface area (Å²) in [5.74, 6) is 0.0222. The quantitative estimate of drug-likeness (QED) is 0.146. The van der Waals surface area contributed by atoms with Crippen molar-refractivity contribution >= 4 is 0 Å². The minimum atomic E-state index is -1.59. The molecule has 17 nitrogen and oxygen atoms in total. The SMILES string of the molecule is CC1OC(OC2COC(OC3CCC4(C)C(C(O)CC5(C)C4CCC4C6(C)CCC(C(C)(C)OC7OC(CO)C(O)C(O)C7O)C6C(O)CC45C)C3(C)C)C(O)C2O)C(O)C(O)C1O. The van der Waals surface area contributed by atoms with Crippen LogP contribution in [-0.4, -0.2) is 179 Å². The molecule has 5 aliphatic carbocycles. The first-order valence-electron chi connectivity index (χ1n) is 24.0. The molecule has 3 aliphatic heterocycles. The average molecular weight is 917 g/mol. The maximum Gasteiger partial charge on any atom is 0.187 e. The zero-order chi connectivity index (χ0) is 47.0. The Morgan fingerprint density at radius 2 is 1.16 bits per heavy atom. The van der Waals surface area contributed by atoms with Gasteiger partial charge in [0.1, 0.15) is 61.0 Å². The number of aliphatic hydroxyl groups is 11. The van der Waals surface area contributed by atoms with E-state index in [4.69, 9.17) is 28.4 Å². The lowest BCUT2D eigenvalue weighted by Crippen LogP contribution is -2.71. The maximum absolute atomic E-state index is 12.6. The number of rotatable bonds is 8. The van der Waals surface area contributed by atoms with Crippen molar-refractivity contribution in [3.63, 3.8) is 0 Å². The van der Waals surface area contributed by atoms with Gasteiger partial charge in [0.2, 0.25) is 0 Å². The first kappa shape index (κ1) is 49.7. The summed E-state index contributed by atoms with van der Waals surface area (Å²) >= 11 is 0. The number of hydrogen-bond acceptors (Lipinski definition) is 17. The highest BCUT2D eigenvalue weighted by Gasteiger charge is 2.74. The van der Waals surface area contributed by atoms with Gasteiger partial charge < -0.3 is 84.6 Å². The molecule has 11 N–H and O–H groups in total. The maximum atomic E-state index is 12.6. The van der Waals surface area contributed by atoms with Gasteiger partial charge in [-0.2, -0.15) is 0 Å². The lowest BCUT2D eigenvalue weighted by Gasteiger charge is -2.74. The summed E-state index contributed by atoms with van der Waals surface area (Å²) in [5, 5.41) is 120. The first-order chi connectivity index (χ1) is 29.7. The minimum Gasteiger partial charge on any atom is -0.394 e. The van der Waals surface area contributed by atoms with E-state index in [0.717, 1.165) is 32.1 Å². The summed E-state index contributed by atoms with van der Waals surface area (Å²) in [4.78, 5) is 0. The topological polar surface area (TPSA) is 278 Å². The molecule has 17 heteroatoms. The standard InChI is InChI=1S/C47H80O17/c1-20-30(51)33(54)36(57)40(60-20)62-25-19-59-39(35(56)32(25)53)63-28-13-15-45(7)27-11-10-26-44(6)14-12-21(43(4,5)64-41-37(58)34(55)31(52)24(18-48)61-41)29(44)22(49)16-46(26,8)47(27,9)17-23(50)38(45)42(28,2)3/h20-41,48-58H,10-19H2,1-9H3. The Hall–Kier alpha value is -0.680. The molecule has 3 heterocycles. The zero-order valence-electron chi connectivity index (χ0n) is 39.1. The largest absolute Gasteiger partial charge is 0.394 e. The van der Waals surface area contributed by atoms with Gasteiger partial charge in [-0.3, -0.25) is 0 Å². The van der Waals surface area contributed by atoms with E-state index in [9.17, 15) is 56.2 Å². The van der Waals surface area contributed by atoms with E-state index >= 15 is 0 Å². The van der Waals surface area contributed by atoms with E-state index in [1.54, 1.807) is 0 Å². The zero-order valence-corrected chi connectivity index (χ0v) is 39.1. The van der Waals surface area contributed by atoms with Crippen LogP contribution in [0, 0.1) is 56.7 Å². The van der Waals surface area contributed by atoms with E-state index in [2.05, 4.69) is 41.5 Å². The number of aliphatic hydroxyl groups excluding tert-OH is 11. The second kappa shape index (κ2) is 17.0. The van der Waals surface area contributed by atoms with Gasteiger partial charge in [-0.05, 0) is 129 Å². The van der Waals surface area contributed by atoms with Crippen molar-refractivity contribution in [2.75, 3.05) is 13.2 Å². The van der Waals surface area contributed by atoms with Gasteiger partial charge in [0.15, 0.2) is 18.9 Å². The van der Waals surface area contributed by atoms with Crippen LogP contribution >= 0.6 is 0 Å². The lowest BCUT2D eigenvalue weighted by molar-refractivity contribution is -0.352. The van der Waals surface area contributed by atoms with Gasteiger partial charge in [0.25, 0.3) is 0 Å². The minimum absolute atomic E-state index is 0.123. The van der Waals surface area contributed by atoms with E-state index in [1.807, 2.05) is 13.8 Å². The fourth-order valence-corrected chi connectivity index (χ4v) is 16.5. The van der Waals surface area contributed by atoms with Crippen LogP contribution in [0.25, 0.3) is 0 Å². The fourth-order valence-electron chi connectivity index (χ4n) is 16.5. The van der Waals surface area contributed by atoms with E-state index < -0.39 is 122 Å². The van der Waals surface area contributed by atoms with Crippen LogP contribution in [0.1, 0.15) is 114 Å². The molecule has 0 aromatic heterocycles. The second-order valence-electron chi connectivity index (χ2n) is 23.7. The van der Waals surface area contributed by atoms with Gasteiger partial charge in [0, 0.05) is 0 Å². The second-order valence-corrected chi connectivity index (χ2v) is 23.7. The van der Waals surface area contributed by atoms with Crippen LogP contribution in [0.2, 0.25) is 0 Å². The highest BCUT2D eigenvalue weighted by molar-refractivity contribution is 5.23. The lowest BCUT2D eigenvalue weighted by atomic mass is 9.31. The van der Waals surface area contributed by atoms with Gasteiger partial charge in [-0.25, -0.2) is 0 Å². The molecular formula is C47H80O17. The van der Waals surface area contributed by atoms with Gasteiger partial charge >= 0.3 is 0 Å². The predicted molar refractivity (Wildman–Crippen MR) is 225 cm³/mol. The first-order valence-corrected chi connectivity index (χ1v) is 24.0. The molecule has 0 bridgehead atoms. The fraction of sp³-hybridized carbons (Fsp3) is 1.00. The van der Waals surface area contributed by atoms with Gasteiger partial charge in [0.05, 0.1) is 43.2 Å². The van der Waals surface area contributed by atoms with Crippen molar-refractivity contribution in [2.24, 2.45) is 56.7 Å². The summed E-state index contributed by atoms with van der Waals surface area (Å²) in [5.41, 5.74) is -2.72. The van der Waals surface area contributed by atoms with E-state index in [-0.39, 0.29) is 57.9 Å². The molecule has 3 saturated heterocycles. The third kappa shape index (κ3) is 7.43. The van der Waals surface area contributed by atoms with E-state index in [0.29, 0.717) is 19.3 Å². The Kier molecular flexibility index (Phi) is 13.2. The smallest absolute Gasteiger partial charge is 0.187 e. The Morgan fingerprint density at radius 3 is 1.80 bits per heavy atom. The normalized spacial score (nSPS) is 57.6. The molecule has 5 saturated carbocycles. The van der Waals surface area contributed by atoms with Crippen molar-refractivity contribution in [2.45, 2.75) is 224 Å². The number of fused-ring (bicyclic) bond motifs is 7. The molecule has 64 heavy (non-hydrogen) atoms. The third-order valence-electron chi connectivity index (χ3n) is 19.7. The highest BCUT2D eigenvalue weighted by Crippen LogP contribution is 2.78. The molecule has 0 spiro atoms. The summed E-state index contributed by atoms with van der Waals surface area (Å²) in [6.07, 6.45) is -14.7. The third-order valence-corrected chi connectivity index (χ3v) is 19.7. The molecule has 0 radical (unpaired) electrons. The summed E-state index contributed by atoms with van der Waals surface area (Å²) in [6, 6.07) is 0.